The highest BCUT2D eigenvalue weighted by Crippen LogP contribution is 2.32. The third kappa shape index (κ3) is 8.75. The number of aromatic nitrogens is 1. The number of nitrogens with one attached hydrogen (secondary N) is 2. The van der Waals surface area contributed by atoms with Crippen LogP contribution in [0.5, 0.6) is 17.4 Å². The average Bonchev–Trinajstić information content (AvgIpc) is 2.81. The molecule has 3 N–H and O–H groups in total. The van der Waals surface area contributed by atoms with Crippen LogP contribution in [0.25, 0.3) is 0 Å². The Labute approximate surface area is 192 Å². The van der Waals surface area contributed by atoms with Crippen molar-refractivity contribution in [2.75, 3.05) is 26.3 Å². The number of aliphatic hydroxyl groups excluding tert-OH is 1. The maximum Gasteiger partial charge on any atom is 0.224 e. The van der Waals surface area contributed by atoms with Gasteiger partial charge in [-0.3, -0.25) is 0 Å². The molecule has 0 bridgehead atoms. The molecule has 1 aromatic heterocycles. The summed E-state index contributed by atoms with van der Waals surface area (Å²) in [5.74, 6) is 3.03. The lowest BCUT2D eigenvalue weighted by atomic mass is 10.0. The lowest BCUT2D eigenvalue weighted by Crippen LogP contribution is -2.40. The van der Waals surface area contributed by atoms with E-state index in [1.807, 2.05) is 43.3 Å². The molecule has 0 amide bonds. The number of guanidine groups is 1. The van der Waals surface area contributed by atoms with E-state index in [9.17, 15) is 5.11 Å². The smallest absolute Gasteiger partial charge is 0.224 e. The van der Waals surface area contributed by atoms with E-state index in [0.717, 1.165) is 50.3 Å². The van der Waals surface area contributed by atoms with E-state index in [-0.39, 0.29) is 6.61 Å². The molecule has 1 heterocycles. The normalized spacial score (nSPS) is 12.3. The van der Waals surface area contributed by atoms with Crippen LogP contribution in [0.2, 0.25) is 0 Å². The summed E-state index contributed by atoms with van der Waals surface area (Å²) >= 11 is 0. The molecule has 2 rings (SSSR count). The Hall–Kier alpha value is -2.80. The molecule has 0 saturated carbocycles. The van der Waals surface area contributed by atoms with Gasteiger partial charge in [0.2, 0.25) is 5.88 Å². The van der Waals surface area contributed by atoms with Crippen LogP contribution in [0, 0.1) is 5.92 Å². The Balaban J connectivity index is 2.11. The average molecular weight is 443 g/mol. The second kappa shape index (κ2) is 15.1. The first-order valence-corrected chi connectivity index (χ1v) is 11.7. The van der Waals surface area contributed by atoms with Crippen LogP contribution in [-0.4, -0.2) is 42.4 Å². The van der Waals surface area contributed by atoms with Crippen molar-refractivity contribution in [1.29, 1.82) is 0 Å². The number of rotatable bonds is 14. The zero-order chi connectivity index (χ0) is 23.0. The summed E-state index contributed by atoms with van der Waals surface area (Å²) in [4.78, 5) is 9.16. The molecule has 0 aliphatic carbocycles. The number of benzene rings is 1. The van der Waals surface area contributed by atoms with Crippen LogP contribution in [-0.2, 0) is 6.54 Å². The first-order chi connectivity index (χ1) is 15.7. The van der Waals surface area contributed by atoms with E-state index < -0.39 is 0 Å². The minimum Gasteiger partial charge on any atom is -0.490 e. The minimum atomic E-state index is 0.208. The molecule has 32 heavy (non-hydrogen) atoms. The van der Waals surface area contributed by atoms with Crippen LogP contribution in [0.3, 0.4) is 0 Å². The van der Waals surface area contributed by atoms with Gasteiger partial charge in [-0.15, -0.1) is 0 Å². The minimum absolute atomic E-state index is 0.208. The molecule has 1 aromatic carbocycles. The van der Waals surface area contributed by atoms with Crippen molar-refractivity contribution in [3.63, 3.8) is 0 Å². The number of hydrogen-bond donors (Lipinski definition) is 3. The molecule has 7 nitrogen and oxygen atoms in total. The molecule has 0 aliphatic rings. The molecular weight excluding hydrogens is 404 g/mol. The quantitative estimate of drug-likeness (QED) is 0.295. The molecular formula is C25H38N4O3. The first kappa shape index (κ1) is 25.5. The van der Waals surface area contributed by atoms with Gasteiger partial charge in [0.1, 0.15) is 0 Å². The lowest BCUT2D eigenvalue weighted by Gasteiger charge is -2.18. The predicted octanol–water partition coefficient (Wildman–Crippen LogP) is 4.52. The highest BCUT2D eigenvalue weighted by Gasteiger charge is 2.12. The second-order valence-electron chi connectivity index (χ2n) is 7.61. The summed E-state index contributed by atoms with van der Waals surface area (Å²) in [6.45, 7) is 9.09. The van der Waals surface area contributed by atoms with Gasteiger partial charge in [-0.2, -0.15) is 0 Å². The van der Waals surface area contributed by atoms with Crippen LogP contribution in [0.15, 0.2) is 47.6 Å². The van der Waals surface area contributed by atoms with Crippen LogP contribution >= 0.6 is 0 Å². The standard InChI is InChI=1S/C25H38N4O3/c1-4-10-20(14-16-30)18-28-25(26-6-3)29-19-21-11-9-15-27-24(21)32-23-13-8-7-12-22(23)31-17-5-2/h7-9,11-13,15,20,30H,4-6,10,14,16-19H2,1-3H3,(H2,26,28,29). The fourth-order valence-corrected chi connectivity index (χ4v) is 3.29. The Morgan fingerprint density at radius 1 is 1.03 bits per heavy atom. The zero-order valence-electron chi connectivity index (χ0n) is 19.6. The number of aliphatic imine (C=N–C) groups is 1. The van der Waals surface area contributed by atoms with Crippen molar-refractivity contribution in [2.24, 2.45) is 10.9 Å². The zero-order valence-corrected chi connectivity index (χ0v) is 19.6. The van der Waals surface area contributed by atoms with E-state index in [1.54, 1.807) is 6.20 Å². The second-order valence-corrected chi connectivity index (χ2v) is 7.61. The number of para-hydroxylation sites is 2. The van der Waals surface area contributed by atoms with Gasteiger partial charge < -0.3 is 25.2 Å². The van der Waals surface area contributed by atoms with Crippen LogP contribution in [0.1, 0.15) is 52.0 Å². The van der Waals surface area contributed by atoms with E-state index in [4.69, 9.17) is 14.5 Å². The summed E-state index contributed by atoms with van der Waals surface area (Å²) in [5.41, 5.74) is 0.885. The molecule has 1 atom stereocenters. The number of ether oxygens (including phenoxy) is 2. The van der Waals surface area contributed by atoms with Crippen molar-refractivity contribution < 1.29 is 14.6 Å². The Bertz CT molecular complexity index is 807. The fourth-order valence-electron chi connectivity index (χ4n) is 3.29. The summed E-state index contributed by atoms with van der Waals surface area (Å²) in [5, 5.41) is 16.0. The third-order valence-corrected chi connectivity index (χ3v) is 4.91. The van der Waals surface area contributed by atoms with Gasteiger partial charge in [-0.25, -0.2) is 9.98 Å². The molecule has 7 heteroatoms. The maximum atomic E-state index is 9.30. The van der Waals surface area contributed by atoms with Gasteiger partial charge in [0, 0.05) is 31.5 Å². The number of aliphatic hydroxyl groups is 1. The van der Waals surface area contributed by atoms with Crippen molar-refractivity contribution in [3.8, 4) is 17.4 Å². The molecule has 0 radical (unpaired) electrons. The molecule has 0 spiro atoms. The van der Waals surface area contributed by atoms with Crippen LogP contribution < -0.4 is 20.1 Å². The molecule has 0 fully saturated rings. The van der Waals surface area contributed by atoms with Crippen molar-refractivity contribution in [2.45, 2.75) is 53.0 Å². The summed E-state index contributed by atoms with van der Waals surface area (Å²) in [6, 6.07) is 11.5. The summed E-state index contributed by atoms with van der Waals surface area (Å²) < 4.78 is 11.9. The van der Waals surface area contributed by atoms with Crippen molar-refractivity contribution >= 4 is 5.96 Å². The first-order valence-electron chi connectivity index (χ1n) is 11.7. The fraction of sp³-hybridized carbons (Fsp3) is 0.520. The molecule has 0 saturated heterocycles. The lowest BCUT2D eigenvalue weighted by molar-refractivity contribution is 0.251. The van der Waals surface area contributed by atoms with E-state index in [1.165, 1.54) is 0 Å². The maximum absolute atomic E-state index is 9.30. The Kier molecular flexibility index (Phi) is 12.0. The van der Waals surface area contributed by atoms with E-state index in [0.29, 0.717) is 36.4 Å². The largest absolute Gasteiger partial charge is 0.490 e. The van der Waals surface area contributed by atoms with Gasteiger partial charge in [0.25, 0.3) is 0 Å². The Morgan fingerprint density at radius 3 is 2.56 bits per heavy atom. The summed E-state index contributed by atoms with van der Waals surface area (Å²) in [6.07, 6.45) is 5.61. The van der Waals surface area contributed by atoms with Crippen molar-refractivity contribution in [3.05, 3.63) is 48.2 Å². The van der Waals surface area contributed by atoms with E-state index >= 15 is 0 Å². The van der Waals surface area contributed by atoms with Gasteiger partial charge in [-0.05, 0) is 50.3 Å². The monoisotopic (exact) mass is 442 g/mol. The SMILES string of the molecule is CCCOc1ccccc1Oc1ncccc1CN=C(NCC)NCC(CCC)CCO. The van der Waals surface area contributed by atoms with Crippen molar-refractivity contribution in [1.82, 2.24) is 15.6 Å². The van der Waals surface area contributed by atoms with Gasteiger partial charge in [0.15, 0.2) is 17.5 Å². The predicted molar refractivity (Wildman–Crippen MR) is 129 cm³/mol. The highest BCUT2D eigenvalue weighted by molar-refractivity contribution is 5.79. The van der Waals surface area contributed by atoms with Gasteiger partial charge in [0.05, 0.1) is 13.2 Å². The number of nitrogens with zero attached hydrogens (tertiary/aromatic N) is 2. The molecule has 0 aliphatic heterocycles. The molecule has 1 unspecified atom stereocenters. The van der Waals surface area contributed by atoms with Gasteiger partial charge in [-0.1, -0.05) is 38.5 Å². The van der Waals surface area contributed by atoms with Crippen LogP contribution in [0.4, 0.5) is 0 Å². The highest BCUT2D eigenvalue weighted by atomic mass is 16.5. The third-order valence-electron chi connectivity index (χ3n) is 4.91. The molecule has 176 valence electrons. The van der Waals surface area contributed by atoms with Gasteiger partial charge >= 0.3 is 0 Å². The topological polar surface area (TPSA) is 88.0 Å². The number of pyridine rings is 1. The Morgan fingerprint density at radius 2 is 1.84 bits per heavy atom. The van der Waals surface area contributed by atoms with E-state index in [2.05, 4.69) is 29.5 Å². The summed E-state index contributed by atoms with van der Waals surface area (Å²) in [7, 11) is 0. The number of hydrogen-bond acceptors (Lipinski definition) is 5. The molecule has 2 aromatic rings.